The third kappa shape index (κ3) is 5.71. The van der Waals surface area contributed by atoms with Crippen LogP contribution in [-0.2, 0) is 14.6 Å². The SMILES string of the molecule is Cc1ccc(S(=O)(=O)CC(O)CCCCC(=O)O)cc1. The van der Waals surface area contributed by atoms with E-state index in [2.05, 4.69) is 0 Å². The van der Waals surface area contributed by atoms with Crippen molar-refractivity contribution in [2.75, 3.05) is 5.75 Å². The zero-order valence-corrected chi connectivity index (χ0v) is 12.3. The maximum atomic E-state index is 12.0. The van der Waals surface area contributed by atoms with Gasteiger partial charge in [-0.1, -0.05) is 24.1 Å². The van der Waals surface area contributed by atoms with E-state index in [9.17, 15) is 18.3 Å². The predicted molar refractivity (Wildman–Crippen MR) is 75.3 cm³/mol. The lowest BCUT2D eigenvalue weighted by Crippen LogP contribution is -2.21. The lowest BCUT2D eigenvalue weighted by molar-refractivity contribution is -0.137. The van der Waals surface area contributed by atoms with Gasteiger partial charge in [0.15, 0.2) is 9.84 Å². The summed E-state index contributed by atoms with van der Waals surface area (Å²) < 4.78 is 24.1. The van der Waals surface area contributed by atoms with Gasteiger partial charge in [0.2, 0.25) is 0 Å². The van der Waals surface area contributed by atoms with Gasteiger partial charge in [0.1, 0.15) is 0 Å². The molecule has 6 heteroatoms. The van der Waals surface area contributed by atoms with Crippen molar-refractivity contribution >= 4 is 15.8 Å². The van der Waals surface area contributed by atoms with E-state index in [-0.39, 0.29) is 17.1 Å². The second-order valence-electron chi connectivity index (χ2n) is 4.89. The van der Waals surface area contributed by atoms with E-state index in [0.717, 1.165) is 5.56 Å². The van der Waals surface area contributed by atoms with E-state index >= 15 is 0 Å². The zero-order chi connectivity index (χ0) is 15.2. The van der Waals surface area contributed by atoms with Crippen molar-refractivity contribution in [3.63, 3.8) is 0 Å². The Morgan fingerprint density at radius 3 is 2.35 bits per heavy atom. The number of unbranched alkanes of at least 4 members (excludes halogenated alkanes) is 1. The number of rotatable bonds is 8. The van der Waals surface area contributed by atoms with E-state index in [0.29, 0.717) is 19.3 Å². The molecule has 0 bridgehead atoms. The van der Waals surface area contributed by atoms with Gasteiger partial charge in [-0.25, -0.2) is 8.42 Å². The average molecular weight is 300 g/mol. The fourth-order valence-electron chi connectivity index (χ4n) is 1.83. The molecule has 2 N–H and O–H groups in total. The standard InChI is InChI=1S/C14H20O5S/c1-11-6-8-13(9-7-11)20(18,19)10-12(15)4-2-3-5-14(16)17/h6-9,12,15H,2-5,10H2,1H3,(H,16,17). The number of hydrogen-bond acceptors (Lipinski definition) is 4. The van der Waals surface area contributed by atoms with Crippen molar-refractivity contribution in [3.05, 3.63) is 29.8 Å². The molecule has 1 atom stereocenters. The number of carbonyl (C=O) groups is 1. The maximum Gasteiger partial charge on any atom is 0.303 e. The number of benzene rings is 1. The number of carboxylic acids is 1. The van der Waals surface area contributed by atoms with Crippen LogP contribution in [-0.4, -0.2) is 36.5 Å². The van der Waals surface area contributed by atoms with Crippen molar-refractivity contribution in [1.29, 1.82) is 0 Å². The van der Waals surface area contributed by atoms with Crippen LogP contribution in [0.5, 0.6) is 0 Å². The molecule has 1 aromatic carbocycles. The van der Waals surface area contributed by atoms with Gasteiger partial charge in [-0.15, -0.1) is 0 Å². The summed E-state index contributed by atoms with van der Waals surface area (Å²) in [5.74, 6) is -1.21. The first-order chi connectivity index (χ1) is 9.31. The molecule has 0 fully saturated rings. The number of hydrogen-bond donors (Lipinski definition) is 2. The Labute approximate surface area is 119 Å². The molecule has 1 unspecified atom stereocenters. The van der Waals surface area contributed by atoms with E-state index in [1.807, 2.05) is 6.92 Å². The Kier molecular flexibility index (Phi) is 6.16. The van der Waals surface area contributed by atoms with Crippen LogP contribution >= 0.6 is 0 Å². The lowest BCUT2D eigenvalue weighted by Gasteiger charge is -2.11. The molecule has 1 aromatic rings. The largest absolute Gasteiger partial charge is 0.481 e. The van der Waals surface area contributed by atoms with Gasteiger partial charge in [0.25, 0.3) is 0 Å². The molecular formula is C14H20O5S. The van der Waals surface area contributed by atoms with Gasteiger partial charge in [-0.3, -0.25) is 4.79 Å². The normalized spacial score (nSPS) is 13.1. The van der Waals surface area contributed by atoms with Gasteiger partial charge in [-0.05, 0) is 31.9 Å². The van der Waals surface area contributed by atoms with Crippen molar-refractivity contribution in [2.45, 2.75) is 43.6 Å². The van der Waals surface area contributed by atoms with E-state index in [1.165, 1.54) is 12.1 Å². The van der Waals surface area contributed by atoms with Crippen LogP contribution < -0.4 is 0 Å². The first kappa shape index (κ1) is 16.7. The van der Waals surface area contributed by atoms with Crippen LogP contribution in [0.15, 0.2) is 29.2 Å². The van der Waals surface area contributed by atoms with Gasteiger partial charge >= 0.3 is 5.97 Å². The van der Waals surface area contributed by atoms with Crippen LogP contribution in [0.4, 0.5) is 0 Å². The molecule has 0 aliphatic carbocycles. The van der Waals surface area contributed by atoms with E-state index < -0.39 is 21.9 Å². The summed E-state index contributed by atoms with van der Waals surface area (Å²) in [7, 11) is -3.50. The van der Waals surface area contributed by atoms with Crippen LogP contribution in [0.25, 0.3) is 0 Å². The molecule has 0 saturated heterocycles. The number of sulfone groups is 1. The minimum absolute atomic E-state index is 0.0391. The number of carboxylic acid groups (broad SMARTS) is 1. The number of aliphatic hydroxyl groups excluding tert-OH is 1. The molecule has 20 heavy (non-hydrogen) atoms. The summed E-state index contributed by atoms with van der Waals surface area (Å²) in [4.78, 5) is 10.5. The smallest absolute Gasteiger partial charge is 0.303 e. The average Bonchev–Trinajstić information content (AvgIpc) is 2.34. The molecule has 0 aliphatic rings. The highest BCUT2D eigenvalue weighted by Crippen LogP contribution is 2.15. The molecule has 0 amide bonds. The summed E-state index contributed by atoms with van der Waals surface area (Å²) in [5.41, 5.74) is 0.971. The summed E-state index contributed by atoms with van der Waals surface area (Å²) >= 11 is 0. The Bertz CT molecular complexity index is 533. The van der Waals surface area contributed by atoms with E-state index in [4.69, 9.17) is 5.11 Å². The van der Waals surface area contributed by atoms with Crippen LogP contribution in [0.2, 0.25) is 0 Å². The molecule has 0 saturated carbocycles. The molecular weight excluding hydrogens is 280 g/mol. The lowest BCUT2D eigenvalue weighted by atomic mass is 10.1. The number of aryl methyl sites for hydroxylation is 1. The highest BCUT2D eigenvalue weighted by atomic mass is 32.2. The van der Waals surface area contributed by atoms with Crippen LogP contribution in [0, 0.1) is 6.92 Å². The minimum Gasteiger partial charge on any atom is -0.481 e. The van der Waals surface area contributed by atoms with Gasteiger partial charge in [-0.2, -0.15) is 0 Å². The van der Waals surface area contributed by atoms with Crippen molar-refractivity contribution < 1.29 is 23.4 Å². The Hall–Kier alpha value is -1.40. The van der Waals surface area contributed by atoms with Gasteiger partial charge < -0.3 is 10.2 Å². The Morgan fingerprint density at radius 2 is 1.80 bits per heavy atom. The summed E-state index contributed by atoms with van der Waals surface area (Å²) in [6.07, 6.45) is 0.305. The summed E-state index contributed by atoms with van der Waals surface area (Å²) in [6, 6.07) is 6.49. The summed E-state index contributed by atoms with van der Waals surface area (Å²) in [5, 5.41) is 18.2. The molecule has 0 spiro atoms. The van der Waals surface area contributed by atoms with Gasteiger partial charge in [0, 0.05) is 6.42 Å². The predicted octanol–water partition coefficient (Wildman–Crippen LogP) is 1.77. The summed E-state index contributed by atoms with van der Waals surface area (Å²) in [6.45, 7) is 1.87. The molecule has 112 valence electrons. The quantitative estimate of drug-likeness (QED) is 0.714. The fourth-order valence-corrected chi connectivity index (χ4v) is 3.25. The van der Waals surface area contributed by atoms with Gasteiger partial charge in [0.05, 0.1) is 16.8 Å². The molecule has 0 aliphatic heterocycles. The Balaban J connectivity index is 2.49. The van der Waals surface area contributed by atoms with Crippen LogP contribution in [0.1, 0.15) is 31.2 Å². The first-order valence-electron chi connectivity index (χ1n) is 6.50. The molecule has 1 rings (SSSR count). The van der Waals surface area contributed by atoms with Crippen molar-refractivity contribution in [3.8, 4) is 0 Å². The second kappa shape index (κ2) is 7.40. The fraction of sp³-hybridized carbons (Fsp3) is 0.500. The Morgan fingerprint density at radius 1 is 1.20 bits per heavy atom. The van der Waals surface area contributed by atoms with E-state index in [1.54, 1.807) is 12.1 Å². The zero-order valence-electron chi connectivity index (χ0n) is 11.4. The molecule has 0 heterocycles. The monoisotopic (exact) mass is 300 g/mol. The minimum atomic E-state index is -3.50. The highest BCUT2D eigenvalue weighted by Gasteiger charge is 2.19. The maximum absolute atomic E-state index is 12.0. The molecule has 5 nitrogen and oxygen atoms in total. The third-order valence-electron chi connectivity index (χ3n) is 2.97. The second-order valence-corrected chi connectivity index (χ2v) is 6.92. The molecule has 0 radical (unpaired) electrons. The van der Waals surface area contributed by atoms with Crippen molar-refractivity contribution in [2.24, 2.45) is 0 Å². The first-order valence-corrected chi connectivity index (χ1v) is 8.16. The van der Waals surface area contributed by atoms with Crippen LogP contribution in [0.3, 0.4) is 0 Å². The molecule has 0 aromatic heterocycles. The van der Waals surface area contributed by atoms with Crippen molar-refractivity contribution in [1.82, 2.24) is 0 Å². The third-order valence-corrected chi connectivity index (χ3v) is 4.78. The topological polar surface area (TPSA) is 91.7 Å². The number of aliphatic carboxylic acids is 1. The highest BCUT2D eigenvalue weighted by molar-refractivity contribution is 7.91. The number of aliphatic hydroxyl groups is 1.